The van der Waals surface area contributed by atoms with E-state index in [4.69, 9.17) is 0 Å². The molecular weight excluding hydrogens is 308 g/mol. The molecule has 0 aliphatic heterocycles. The minimum absolute atomic E-state index is 0.157. The highest BCUT2D eigenvalue weighted by Crippen LogP contribution is 2.20. The van der Waals surface area contributed by atoms with Crippen molar-refractivity contribution < 1.29 is 9.59 Å². The van der Waals surface area contributed by atoms with Crippen LogP contribution in [0, 0.1) is 6.92 Å². The number of aryl methyl sites for hydroxylation is 1. The van der Waals surface area contributed by atoms with Gasteiger partial charge in [-0.15, -0.1) is 0 Å². The van der Waals surface area contributed by atoms with Crippen LogP contribution < -0.4 is 10.6 Å². The van der Waals surface area contributed by atoms with Crippen LogP contribution in [0.2, 0.25) is 0 Å². The third-order valence-corrected chi connectivity index (χ3v) is 4.20. The molecule has 1 aromatic carbocycles. The number of nitrogens with one attached hydrogen (secondary N) is 2. The molecule has 0 bridgehead atoms. The van der Waals surface area contributed by atoms with E-state index < -0.39 is 11.8 Å². The first-order chi connectivity index (χ1) is 9.06. The van der Waals surface area contributed by atoms with Gasteiger partial charge in [-0.3, -0.25) is 9.59 Å². The Morgan fingerprint density at radius 3 is 2.53 bits per heavy atom. The summed E-state index contributed by atoms with van der Waals surface area (Å²) in [6.07, 6.45) is 4.18. The zero-order chi connectivity index (χ0) is 13.8. The van der Waals surface area contributed by atoms with Gasteiger partial charge in [0.1, 0.15) is 0 Å². The fourth-order valence-electron chi connectivity index (χ4n) is 2.23. The summed E-state index contributed by atoms with van der Waals surface area (Å²) in [7, 11) is 0. The maximum atomic E-state index is 11.8. The fourth-order valence-corrected chi connectivity index (χ4v) is 2.48. The lowest BCUT2D eigenvalue weighted by atomic mass is 10.2. The van der Waals surface area contributed by atoms with E-state index >= 15 is 0 Å². The minimum atomic E-state index is -0.603. The van der Waals surface area contributed by atoms with Crippen LogP contribution in [-0.4, -0.2) is 17.9 Å². The van der Waals surface area contributed by atoms with Gasteiger partial charge in [-0.05, 0) is 43.5 Å². The molecule has 4 nitrogen and oxygen atoms in total. The standard InChI is InChI=1S/C14H17BrN2O2/c1-9-8-11(6-7-12(9)15)17-14(19)13(18)16-10-4-2-3-5-10/h6-8,10H,2-5H2,1H3,(H,16,18)(H,17,19). The van der Waals surface area contributed by atoms with E-state index in [2.05, 4.69) is 26.6 Å². The van der Waals surface area contributed by atoms with Gasteiger partial charge in [0.2, 0.25) is 0 Å². The van der Waals surface area contributed by atoms with Crippen molar-refractivity contribution >= 4 is 33.4 Å². The highest BCUT2D eigenvalue weighted by atomic mass is 79.9. The predicted molar refractivity (Wildman–Crippen MR) is 77.9 cm³/mol. The van der Waals surface area contributed by atoms with Crippen molar-refractivity contribution in [2.75, 3.05) is 5.32 Å². The van der Waals surface area contributed by atoms with Crippen molar-refractivity contribution in [1.82, 2.24) is 5.32 Å². The molecule has 19 heavy (non-hydrogen) atoms. The summed E-state index contributed by atoms with van der Waals surface area (Å²) in [6.45, 7) is 1.93. The Hall–Kier alpha value is -1.36. The number of carbonyl (C=O) groups is 2. The van der Waals surface area contributed by atoms with Gasteiger partial charge in [0, 0.05) is 16.2 Å². The zero-order valence-corrected chi connectivity index (χ0v) is 12.4. The lowest BCUT2D eigenvalue weighted by molar-refractivity contribution is -0.136. The van der Waals surface area contributed by atoms with E-state index in [1.807, 2.05) is 19.1 Å². The van der Waals surface area contributed by atoms with Crippen LogP contribution in [0.15, 0.2) is 22.7 Å². The summed E-state index contributed by atoms with van der Waals surface area (Å²) in [6, 6.07) is 5.59. The second kappa shape index (κ2) is 6.19. The SMILES string of the molecule is Cc1cc(NC(=O)C(=O)NC2CCCC2)ccc1Br. The number of halogens is 1. The molecule has 1 aliphatic rings. The number of hydrogen-bond donors (Lipinski definition) is 2. The first-order valence-electron chi connectivity index (χ1n) is 6.44. The average molecular weight is 325 g/mol. The predicted octanol–water partition coefficient (Wildman–Crippen LogP) is 2.75. The molecule has 0 atom stereocenters. The molecule has 0 radical (unpaired) electrons. The summed E-state index contributed by atoms with van der Waals surface area (Å²) >= 11 is 3.39. The second-order valence-electron chi connectivity index (χ2n) is 4.87. The molecular formula is C14H17BrN2O2. The smallest absolute Gasteiger partial charge is 0.313 e. The Bertz CT molecular complexity index is 496. The minimum Gasteiger partial charge on any atom is -0.345 e. The number of hydrogen-bond acceptors (Lipinski definition) is 2. The highest BCUT2D eigenvalue weighted by molar-refractivity contribution is 9.10. The molecule has 1 saturated carbocycles. The molecule has 0 aromatic heterocycles. The van der Waals surface area contributed by atoms with E-state index in [1.54, 1.807) is 6.07 Å². The number of carbonyl (C=O) groups excluding carboxylic acids is 2. The topological polar surface area (TPSA) is 58.2 Å². The molecule has 2 N–H and O–H groups in total. The Morgan fingerprint density at radius 1 is 1.21 bits per heavy atom. The normalized spacial score (nSPS) is 15.3. The summed E-state index contributed by atoms with van der Waals surface area (Å²) in [5.41, 5.74) is 1.64. The van der Waals surface area contributed by atoms with E-state index in [0.717, 1.165) is 35.7 Å². The first-order valence-corrected chi connectivity index (χ1v) is 7.23. The van der Waals surface area contributed by atoms with Gasteiger partial charge in [0.05, 0.1) is 0 Å². The third kappa shape index (κ3) is 3.80. The van der Waals surface area contributed by atoms with Crippen LogP contribution in [0.3, 0.4) is 0 Å². The third-order valence-electron chi connectivity index (χ3n) is 3.31. The zero-order valence-electron chi connectivity index (χ0n) is 10.8. The number of rotatable bonds is 2. The average Bonchev–Trinajstić information content (AvgIpc) is 2.86. The van der Waals surface area contributed by atoms with Gasteiger partial charge in [-0.1, -0.05) is 28.8 Å². The summed E-state index contributed by atoms with van der Waals surface area (Å²) in [5, 5.41) is 5.38. The number of amides is 2. The second-order valence-corrected chi connectivity index (χ2v) is 5.73. The van der Waals surface area contributed by atoms with Crippen LogP contribution in [0.25, 0.3) is 0 Å². The highest BCUT2D eigenvalue weighted by Gasteiger charge is 2.21. The maximum absolute atomic E-state index is 11.8. The molecule has 0 unspecified atom stereocenters. The van der Waals surface area contributed by atoms with E-state index in [1.165, 1.54) is 0 Å². The summed E-state index contributed by atoms with van der Waals surface area (Å²) in [5.74, 6) is -1.15. The van der Waals surface area contributed by atoms with E-state index in [9.17, 15) is 9.59 Å². The molecule has 1 fully saturated rings. The molecule has 0 heterocycles. The van der Waals surface area contributed by atoms with Crippen molar-refractivity contribution in [1.29, 1.82) is 0 Å². The van der Waals surface area contributed by atoms with Crippen LogP contribution in [0.1, 0.15) is 31.2 Å². The lowest BCUT2D eigenvalue weighted by Crippen LogP contribution is -2.40. The maximum Gasteiger partial charge on any atom is 0.313 e. The van der Waals surface area contributed by atoms with Crippen molar-refractivity contribution in [2.45, 2.75) is 38.6 Å². The largest absolute Gasteiger partial charge is 0.345 e. The Balaban J connectivity index is 1.92. The molecule has 0 spiro atoms. The van der Waals surface area contributed by atoms with Crippen molar-refractivity contribution in [2.24, 2.45) is 0 Å². The van der Waals surface area contributed by atoms with Gasteiger partial charge >= 0.3 is 11.8 Å². The molecule has 2 rings (SSSR count). The summed E-state index contributed by atoms with van der Waals surface area (Å²) in [4.78, 5) is 23.5. The molecule has 0 saturated heterocycles. The summed E-state index contributed by atoms with van der Waals surface area (Å²) < 4.78 is 0.973. The quantitative estimate of drug-likeness (QED) is 0.822. The lowest BCUT2D eigenvalue weighted by Gasteiger charge is -2.12. The fraction of sp³-hybridized carbons (Fsp3) is 0.429. The molecule has 5 heteroatoms. The van der Waals surface area contributed by atoms with Crippen LogP contribution in [0.4, 0.5) is 5.69 Å². The van der Waals surface area contributed by atoms with Gasteiger partial charge in [-0.25, -0.2) is 0 Å². The van der Waals surface area contributed by atoms with Crippen LogP contribution in [0.5, 0.6) is 0 Å². The Morgan fingerprint density at radius 2 is 1.89 bits per heavy atom. The first kappa shape index (κ1) is 14.1. The Kier molecular flexibility index (Phi) is 4.58. The van der Waals surface area contributed by atoms with Gasteiger partial charge in [0.15, 0.2) is 0 Å². The van der Waals surface area contributed by atoms with Crippen molar-refractivity contribution in [3.8, 4) is 0 Å². The van der Waals surface area contributed by atoms with Crippen LogP contribution >= 0.6 is 15.9 Å². The van der Waals surface area contributed by atoms with Gasteiger partial charge in [-0.2, -0.15) is 0 Å². The van der Waals surface area contributed by atoms with Crippen LogP contribution in [-0.2, 0) is 9.59 Å². The van der Waals surface area contributed by atoms with Gasteiger partial charge < -0.3 is 10.6 Å². The number of anilines is 1. The van der Waals surface area contributed by atoms with E-state index in [0.29, 0.717) is 5.69 Å². The Labute approximate surface area is 121 Å². The molecule has 1 aromatic rings. The number of benzene rings is 1. The van der Waals surface area contributed by atoms with Crippen molar-refractivity contribution in [3.63, 3.8) is 0 Å². The molecule has 102 valence electrons. The van der Waals surface area contributed by atoms with E-state index in [-0.39, 0.29) is 6.04 Å². The van der Waals surface area contributed by atoms with Crippen molar-refractivity contribution in [3.05, 3.63) is 28.2 Å². The monoisotopic (exact) mass is 324 g/mol. The molecule has 2 amide bonds. The van der Waals surface area contributed by atoms with Gasteiger partial charge in [0.25, 0.3) is 0 Å². The molecule has 1 aliphatic carbocycles.